The van der Waals surface area contributed by atoms with Crippen LogP contribution in [0.5, 0.6) is 0 Å². The Morgan fingerprint density at radius 2 is 1.90 bits per heavy atom. The average Bonchev–Trinajstić information content (AvgIpc) is 3.37. The Labute approximate surface area is 179 Å². The van der Waals surface area contributed by atoms with Gasteiger partial charge >= 0.3 is 0 Å². The molecule has 0 radical (unpaired) electrons. The van der Waals surface area contributed by atoms with Crippen molar-refractivity contribution < 1.29 is 18.4 Å². The van der Waals surface area contributed by atoms with E-state index in [0.29, 0.717) is 24.4 Å². The first-order valence-corrected chi connectivity index (χ1v) is 10.6. The van der Waals surface area contributed by atoms with Gasteiger partial charge in [-0.15, -0.1) is 11.3 Å². The van der Waals surface area contributed by atoms with Crippen LogP contribution < -0.4 is 5.32 Å². The van der Waals surface area contributed by atoms with Gasteiger partial charge in [-0.2, -0.15) is 0 Å². The van der Waals surface area contributed by atoms with Crippen LogP contribution in [0, 0.1) is 5.82 Å². The number of ketones is 1. The predicted molar refractivity (Wildman–Crippen MR) is 115 cm³/mol. The van der Waals surface area contributed by atoms with E-state index < -0.39 is 5.41 Å². The van der Waals surface area contributed by atoms with Gasteiger partial charge < -0.3 is 9.73 Å². The molecule has 0 aliphatic rings. The lowest BCUT2D eigenvalue weighted by Gasteiger charge is -2.22. The lowest BCUT2D eigenvalue weighted by atomic mass is 9.90. The van der Waals surface area contributed by atoms with Crippen molar-refractivity contribution in [1.82, 2.24) is 10.3 Å². The number of thiophene rings is 1. The molecular formula is C23H25FN2O3S. The SMILES string of the molecule is CC(=O)c1ccc(CCCC(=O)NCC(C)(C)c2coc(-c3ccc(F)cc3)n2)s1. The third kappa shape index (κ3) is 5.63. The number of Topliss-reactive ketones (excluding diaryl/α,β-unsaturated/α-hetero) is 1. The molecular weight excluding hydrogens is 403 g/mol. The summed E-state index contributed by atoms with van der Waals surface area (Å²) in [5.41, 5.74) is 1.00. The van der Waals surface area contributed by atoms with E-state index in [1.54, 1.807) is 25.3 Å². The fourth-order valence-electron chi connectivity index (χ4n) is 2.93. The number of halogens is 1. The largest absolute Gasteiger partial charge is 0.444 e. The molecule has 5 nitrogen and oxygen atoms in total. The van der Waals surface area contributed by atoms with E-state index >= 15 is 0 Å². The Kier molecular flexibility index (Phi) is 6.82. The smallest absolute Gasteiger partial charge is 0.226 e. The molecule has 1 amide bonds. The number of oxazole rings is 1. The van der Waals surface area contributed by atoms with Crippen molar-refractivity contribution in [3.8, 4) is 11.5 Å². The molecule has 1 N–H and O–H groups in total. The first-order chi connectivity index (χ1) is 14.2. The number of nitrogens with one attached hydrogen (secondary N) is 1. The molecule has 0 aliphatic carbocycles. The highest BCUT2D eigenvalue weighted by molar-refractivity contribution is 7.14. The van der Waals surface area contributed by atoms with Crippen LogP contribution in [-0.4, -0.2) is 23.2 Å². The number of hydrogen-bond acceptors (Lipinski definition) is 5. The summed E-state index contributed by atoms with van der Waals surface area (Å²) in [6.07, 6.45) is 3.50. The summed E-state index contributed by atoms with van der Waals surface area (Å²) in [5, 5.41) is 2.97. The number of benzene rings is 1. The van der Waals surface area contributed by atoms with Crippen molar-refractivity contribution >= 4 is 23.0 Å². The molecule has 0 atom stereocenters. The van der Waals surface area contributed by atoms with Crippen molar-refractivity contribution in [2.45, 2.75) is 45.4 Å². The highest BCUT2D eigenvalue weighted by atomic mass is 32.1. The first-order valence-electron chi connectivity index (χ1n) is 9.83. The van der Waals surface area contributed by atoms with Gasteiger partial charge in [0.05, 0.1) is 10.6 Å². The van der Waals surface area contributed by atoms with E-state index in [1.807, 2.05) is 26.0 Å². The Bertz CT molecular complexity index is 1020. The minimum absolute atomic E-state index is 0.0197. The van der Waals surface area contributed by atoms with E-state index in [1.165, 1.54) is 23.5 Å². The fourth-order valence-corrected chi connectivity index (χ4v) is 3.88. The predicted octanol–water partition coefficient (Wildman–Crippen LogP) is 5.16. The maximum absolute atomic E-state index is 13.1. The third-order valence-electron chi connectivity index (χ3n) is 4.85. The lowest BCUT2D eigenvalue weighted by molar-refractivity contribution is -0.121. The van der Waals surface area contributed by atoms with Gasteiger partial charge in [0.1, 0.15) is 12.1 Å². The van der Waals surface area contributed by atoms with Gasteiger partial charge in [0, 0.05) is 28.8 Å². The summed E-state index contributed by atoms with van der Waals surface area (Å²) in [4.78, 5) is 30.0. The minimum Gasteiger partial charge on any atom is -0.444 e. The highest BCUT2D eigenvalue weighted by Gasteiger charge is 2.25. The van der Waals surface area contributed by atoms with Gasteiger partial charge in [-0.3, -0.25) is 9.59 Å². The fraction of sp³-hybridized carbons (Fsp3) is 0.348. The second kappa shape index (κ2) is 9.34. The quantitative estimate of drug-likeness (QED) is 0.478. The normalized spacial score (nSPS) is 11.5. The number of rotatable bonds is 9. The standard InChI is InChI=1S/C23H25FN2O3S/c1-15(27)19-12-11-18(30-19)5-4-6-21(28)25-14-23(2,3)20-13-29-22(26-20)16-7-9-17(24)10-8-16/h7-13H,4-6,14H2,1-3H3,(H,25,28). The second-order valence-electron chi connectivity index (χ2n) is 7.88. The van der Waals surface area contributed by atoms with Gasteiger partial charge in [-0.05, 0) is 56.2 Å². The topological polar surface area (TPSA) is 72.2 Å². The molecule has 0 fully saturated rings. The number of amides is 1. The molecule has 30 heavy (non-hydrogen) atoms. The van der Waals surface area contributed by atoms with Crippen LogP contribution in [0.1, 0.15) is 53.9 Å². The maximum atomic E-state index is 13.1. The molecule has 3 aromatic rings. The highest BCUT2D eigenvalue weighted by Crippen LogP contribution is 2.26. The van der Waals surface area contributed by atoms with E-state index in [0.717, 1.165) is 28.3 Å². The summed E-state index contributed by atoms with van der Waals surface area (Å²) in [7, 11) is 0. The summed E-state index contributed by atoms with van der Waals surface area (Å²) < 4.78 is 18.6. The lowest BCUT2D eigenvalue weighted by Crippen LogP contribution is -2.36. The van der Waals surface area contributed by atoms with Crippen LogP contribution in [-0.2, 0) is 16.6 Å². The monoisotopic (exact) mass is 428 g/mol. The van der Waals surface area contributed by atoms with E-state index in [4.69, 9.17) is 4.42 Å². The maximum Gasteiger partial charge on any atom is 0.226 e. The van der Waals surface area contributed by atoms with E-state index in [-0.39, 0.29) is 17.5 Å². The van der Waals surface area contributed by atoms with E-state index in [9.17, 15) is 14.0 Å². The Morgan fingerprint density at radius 1 is 1.17 bits per heavy atom. The molecule has 0 saturated carbocycles. The first kappa shape index (κ1) is 21.9. The van der Waals surface area contributed by atoms with Gasteiger partial charge in [-0.1, -0.05) is 13.8 Å². The molecule has 158 valence electrons. The van der Waals surface area contributed by atoms with Gasteiger partial charge in [0.15, 0.2) is 5.78 Å². The number of nitrogens with zero attached hydrogens (tertiary/aromatic N) is 1. The van der Waals surface area contributed by atoms with Crippen LogP contribution in [0.15, 0.2) is 47.1 Å². The van der Waals surface area contributed by atoms with Crippen LogP contribution in [0.2, 0.25) is 0 Å². The Morgan fingerprint density at radius 3 is 2.57 bits per heavy atom. The van der Waals surface area contributed by atoms with Crippen LogP contribution in [0.4, 0.5) is 4.39 Å². The van der Waals surface area contributed by atoms with E-state index in [2.05, 4.69) is 10.3 Å². The molecule has 0 saturated heterocycles. The summed E-state index contributed by atoms with van der Waals surface area (Å²) >= 11 is 1.49. The molecule has 3 rings (SSSR count). The van der Waals surface area contributed by atoms with Crippen molar-refractivity contribution in [3.63, 3.8) is 0 Å². The summed E-state index contributed by atoms with van der Waals surface area (Å²) in [6, 6.07) is 9.75. The third-order valence-corrected chi connectivity index (χ3v) is 6.10. The molecule has 1 aromatic carbocycles. The Hall–Kier alpha value is -2.80. The average molecular weight is 429 g/mol. The Balaban J connectivity index is 1.48. The van der Waals surface area contributed by atoms with Gasteiger partial charge in [-0.25, -0.2) is 9.37 Å². The number of carbonyl (C=O) groups excluding carboxylic acids is 2. The van der Waals surface area contributed by atoms with Gasteiger partial charge in [0.25, 0.3) is 0 Å². The van der Waals surface area contributed by atoms with Crippen molar-refractivity contribution in [1.29, 1.82) is 0 Å². The molecule has 0 bridgehead atoms. The van der Waals surface area contributed by atoms with Crippen molar-refractivity contribution in [3.05, 3.63) is 63.9 Å². The number of aromatic nitrogens is 1. The molecule has 0 unspecified atom stereocenters. The summed E-state index contributed by atoms with van der Waals surface area (Å²) in [6.45, 7) is 5.94. The van der Waals surface area contributed by atoms with Crippen LogP contribution in [0.3, 0.4) is 0 Å². The van der Waals surface area contributed by atoms with Crippen molar-refractivity contribution in [2.24, 2.45) is 0 Å². The number of hydrogen-bond donors (Lipinski definition) is 1. The molecule has 0 spiro atoms. The van der Waals surface area contributed by atoms with Crippen LogP contribution >= 0.6 is 11.3 Å². The minimum atomic E-state index is -0.415. The molecule has 7 heteroatoms. The molecule has 0 aliphatic heterocycles. The molecule has 2 aromatic heterocycles. The zero-order chi connectivity index (χ0) is 21.7. The second-order valence-corrected chi connectivity index (χ2v) is 9.05. The van der Waals surface area contributed by atoms with Crippen molar-refractivity contribution in [2.75, 3.05) is 6.54 Å². The molecule has 2 heterocycles. The van der Waals surface area contributed by atoms with Crippen LogP contribution in [0.25, 0.3) is 11.5 Å². The number of carbonyl (C=O) groups is 2. The number of aryl methyl sites for hydroxylation is 1. The zero-order valence-corrected chi connectivity index (χ0v) is 18.1. The zero-order valence-electron chi connectivity index (χ0n) is 17.3. The summed E-state index contributed by atoms with van der Waals surface area (Å²) in [5.74, 6) is 0.160. The van der Waals surface area contributed by atoms with Gasteiger partial charge in [0.2, 0.25) is 11.8 Å².